The van der Waals surface area contributed by atoms with E-state index in [1.165, 1.54) is 32.1 Å². The summed E-state index contributed by atoms with van der Waals surface area (Å²) in [6, 6.07) is 0. The molecule has 2 fully saturated rings. The van der Waals surface area contributed by atoms with Gasteiger partial charge in [0, 0.05) is 13.6 Å². The van der Waals surface area contributed by atoms with Gasteiger partial charge in [0.1, 0.15) is 0 Å². The molecular weight excluding hydrogens is 168 g/mol. The lowest BCUT2D eigenvalue weighted by atomic mass is 9.81. The number of thiocarbonyl (C=S) groups is 1. The summed E-state index contributed by atoms with van der Waals surface area (Å²) in [6.45, 7) is 1.07. The maximum atomic E-state index is 5.21. The van der Waals surface area contributed by atoms with Crippen molar-refractivity contribution in [1.82, 2.24) is 10.2 Å². The van der Waals surface area contributed by atoms with Crippen molar-refractivity contribution < 1.29 is 0 Å². The zero-order valence-corrected chi connectivity index (χ0v) is 8.41. The van der Waals surface area contributed by atoms with Gasteiger partial charge in [-0.2, -0.15) is 0 Å². The molecule has 1 spiro atoms. The molecule has 0 aromatic carbocycles. The number of nitrogens with one attached hydrogen (secondary N) is 1. The van der Waals surface area contributed by atoms with Crippen molar-refractivity contribution in [1.29, 1.82) is 0 Å². The van der Waals surface area contributed by atoms with E-state index in [0.717, 1.165) is 11.7 Å². The third-order valence-electron chi connectivity index (χ3n) is 3.37. The van der Waals surface area contributed by atoms with E-state index in [1.54, 1.807) is 0 Å². The third-order valence-corrected chi connectivity index (χ3v) is 3.79. The highest BCUT2D eigenvalue weighted by Crippen LogP contribution is 2.34. The Morgan fingerprint density at radius 2 is 2.00 bits per heavy atom. The SMILES string of the molecule is CN1C(=S)NCC12CCCCC2. The first-order valence-corrected chi connectivity index (χ1v) is 5.17. The molecule has 0 bridgehead atoms. The fraction of sp³-hybridized carbons (Fsp3) is 0.889. The van der Waals surface area contributed by atoms with Gasteiger partial charge in [0.05, 0.1) is 5.54 Å². The van der Waals surface area contributed by atoms with Crippen molar-refractivity contribution in [2.45, 2.75) is 37.6 Å². The molecule has 68 valence electrons. The Kier molecular flexibility index (Phi) is 1.99. The van der Waals surface area contributed by atoms with E-state index in [-0.39, 0.29) is 0 Å². The second-order valence-electron chi connectivity index (χ2n) is 4.00. The molecule has 3 heteroatoms. The Morgan fingerprint density at radius 1 is 1.33 bits per heavy atom. The van der Waals surface area contributed by atoms with Crippen LogP contribution in [0.3, 0.4) is 0 Å². The van der Waals surface area contributed by atoms with Gasteiger partial charge in [-0.05, 0) is 25.1 Å². The Balaban J connectivity index is 2.14. The fourth-order valence-corrected chi connectivity index (χ4v) is 2.68. The van der Waals surface area contributed by atoms with Crippen LogP contribution in [-0.2, 0) is 0 Å². The molecule has 0 aromatic heterocycles. The topological polar surface area (TPSA) is 15.3 Å². The summed E-state index contributed by atoms with van der Waals surface area (Å²) < 4.78 is 0. The molecule has 0 atom stereocenters. The number of likely N-dealkylation sites (N-methyl/N-ethyl adjacent to an activating group) is 1. The molecule has 0 aromatic rings. The van der Waals surface area contributed by atoms with Crippen LogP contribution < -0.4 is 5.32 Å². The van der Waals surface area contributed by atoms with Crippen molar-refractivity contribution in [3.05, 3.63) is 0 Å². The summed E-state index contributed by atoms with van der Waals surface area (Å²) in [7, 11) is 2.13. The van der Waals surface area contributed by atoms with Crippen LogP contribution in [0.4, 0.5) is 0 Å². The lowest BCUT2D eigenvalue weighted by Gasteiger charge is -2.38. The lowest BCUT2D eigenvalue weighted by molar-refractivity contribution is 0.173. The predicted octanol–water partition coefficient (Wildman–Crippen LogP) is 1.51. The van der Waals surface area contributed by atoms with E-state index >= 15 is 0 Å². The quantitative estimate of drug-likeness (QED) is 0.574. The smallest absolute Gasteiger partial charge is 0.169 e. The Morgan fingerprint density at radius 3 is 2.50 bits per heavy atom. The van der Waals surface area contributed by atoms with Gasteiger partial charge in [0.25, 0.3) is 0 Å². The minimum atomic E-state index is 0.384. The van der Waals surface area contributed by atoms with Crippen molar-refractivity contribution in [3.63, 3.8) is 0 Å². The van der Waals surface area contributed by atoms with Crippen LogP contribution >= 0.6 is 12.2 Å². The number of hydrogen-bond donors (Lipinski definition) is 1. The summed E-state index contributed by atoms with van der Waals surface area (Å²) >= 11 is 5.21. The van der Waals surface area contributed by atoms with Crippen LogP contribution in [0.1, 0.15) is 32.1 Å². The van der Waals surface area contributed by atoms with Crippen LogP contribution in [0.25, 0.3) is 0 Å². The van der Waals surface area contributed by atoms with Gasteiger partial charge in [0.2, 0.25) is 0 Å². The average Bonchev–Trinajstić information content (AvgIpc) is 2.37. The normalized spacial score (nSPS) is 27.8. The summed E-state index contributed by atoms with van der Waals surface area (Å²) in [6.07, 6.45) is 6.78. The van der Waals surface area contributed by atoms with E-state index in [9.17, 15) is 0 Å². The molecule has 1 N–H and O–H groups in total. The van der Waals surface area contributed by atoms with Gasteiger partial charge in [0.15, 0.2) is 5.11 Å². The van der Waals surface area contributed by atoms with E-state index in [4.69, 9.17) is 12.2 Å². The summed E-state index contributed by atoms with van der Waals surface area (Å²) in [5, 5.41) is 4.23. The fourth-order valence-electron chi connectivity index (χ4n) is 2.41. The zero-order valence-electron chi connectivity index (χ0n) is 7.60. The first-order valence-electron chi connectivity index (χ1n) is 4.76. The number of hydrogen-bond acceptors (Lipinski definition) is 1. The molecule has 1 saturated heterocycles. The molecule has 1 saturated carbocycles. The monoisotopic (exact) mass is 184 g/mol. The summed E-state index contributed by atoms with van der Waals surface area (Å²) in [5.41, 5.74) is 0.384. The van der Waals surface area contributed by atoms with Gasteiger partial charge < -0.3 is 10.2 Å². The molecule has 0 unspecified atom stereocenters. The molecule has 1 aliphatic carbocycles. The Hall–Kier alpha value is -0.310. The third kappa shape index (κ3) is 1.11. The zero-order chi connectivity index (χ0) is 8.60. The van der Waals surface area contributed by atoms with Crippen molar-refractivity contribution in [2.75, 3.05) is 13.6 Å². The van der Waals surface area contributed by atoms with Crippen LogP contribution in [0.2, 0.25) is 0 Å². The van der Waals surface area contributed by atoms with E-state index in [2.05, 4.69) is 17.3 Å². The second-order valence-corrected chi connectivity index (χ2v) is 4.39. The molecule has 0 amide bonds. The maximum absolute atomic E-state index is 5.21. The van der Waals surface area contributed by atoms with Gasteiger partial charge in [-0.15, -0.1) is 0 Å². The number of rotatable bonds is 0. The van der Waals surface area contributed by atoms with Gasteiger partial charge in [-0.25, -0.2) is 0 Å². The maximum Gasteiger partial charge on any atom is 0.169 e. The Labute approximate surface area is 79.3 Å². The van der Waals surface area contributed by atoms with Gasteiger partial charge in [-0.1, -0.05) is 19.3 Å². The summed E-state index contributed by atoms with van der Waals surface area (Å²) in [5.74, 6) is 0. The first-order chi connectivity index (χ1) is 5.75. The van der Waals surface area contributed by atoms with E-state index < -0.39 is 0 Å². The largest absolute Gasteiger partial charge is 0.360 e. The van der Waals surface area contributed by atoms with Gasteiger partial charge >= 0.3 is 0 Å². The van der Waals surface area contributed by atoms with Gasteiger partial charge in [-0.3, -0.25) is 0 Å². The van der Waals surface area contributed by atoms with Crippen LogP contribution in [0, 0.1) is 0 Å². The number of nitrogens with zero attached hydrogens (tertiary/aromatic N) is 1. The molecule has 2 rings (SSSR count). The first kappa shape index (κ1) is 8.30. The highest BCUT2D eigenvalue weighted by molar-refractivity contribution is 7.80. The minimum absolute atomic E-state index is 0.384. The molecule has 2 aliphatic rings. The highest BCUT2D eigenvalue weighted by atomic mass is 32.1. The molecule has 1 aliphatic heterocycles. The average molecular weight is 184 g/mol. The molecular formula is C9H16N2S. The van der Waals surface area contributed by atoms with E-state index in [0.29, 0.717) is 5.54 Å². The van der Waals surface area contributed by atoms with Crippen molar-refractivity contribution >= 4 is 17.3 Å². The van der Waals surface area contributed by atoms with Crippen molar-refractivity contribution in [2.24, 2.45) is 0 Å². The Bertz CT molecular complexity index is 197. The molecule has 0 radical (unpaired) electrons. The summed E-state index contributed by atoms with van der Waals surface area (Å²) in [4.78, 5) is 2.28. The van der Waals surface area contributed by atoms with Crippen molar-refractivity contribution in [3.8, 4) is 0 Å². The molecule has 2 nitrogen and oxygen atoms in total. The molecule has 1 heterocycles. The highest BCUT2D eigenvalue weighted by Gasteiger charge is 2.41. The second kappa shape index (κ2) is 2.87. The van der Waals surface area contributed by atoms with Crippen LogP contribution in [-0.4, -0.2) is 29.1 Å². The lowest BCUT2D eigenvalue weighted by Crippen LogP contribution is -2.46. The molecule has 12 heavy (non-hydrogen) atoms. The van der Waals surface area contributed by atoms with Crippen LogP contribution in [0.15, 0.2) is 0 Å². The predicted molar refractivity (Wildman–Crippen MR) is 54.2 cm³/mol. The standard InChI is InChI=1S/C9H16N2S/c1-11-8(12)10-7-9(11)5-3-2-4-6-9/h2-7H2,1H3,(H,10,12). The minimum Gasteiger partial charge on any atom is -0.360 e. The van der Waals surface area contributed by atoms with E-state index in [1.807, 2.05) is 0 Å². The van der Waals surface area contributed by atoms with Crippen LogP contribution in [0.5, 0.6) is 0 Å².